The van der Waals surface area contributed by atoms with E-state index in [1.165, 1.54) is 5.56 Å². The van der Waals surface area contributed by atoms with E-state index in [2.05, 4.69) is 55.1 Å². The van der Waals surface area contributed by atoms with E-state index in [9.17, 15) is 4.39 Å². The first-order valence-corrected chi connectivity index (χ1v) is 9.99. The number of anilines is 1. The third kappa shape index (κ3) is 4.65. The van der Waals surface area contributed by atoms with Crippen molar-refractivity contribution in [3.63, 3.8) is 0 Å². The van der Waals surface area contributed by atoms with Crippen LogP contribution in [0.4, 0.5) is 10.1 Å². The molecular weight excluding hydrogens is 353 g/mol. The maximum atomic E-state index is 14.7. The molecule has 0 bridgehead atoms. The Morgan fingerprint density at radius 3 is 2.29 bits per heavy atom. The van der Waals surface area contributed by atoms with Gasteiger partial charge in [0.15, 0.2) is 0 Å². The van der Waals surface area contributed by atoms with E-state index in [0.29, 0.717) is 5.69 Å². The van der Waals surface area contributed by atoms with Gasteiger partial charge in [0.25, 0.3) is 0 Å². The summed E-state index contributed by atoms with van der Waals surface area (Å²) < 4.78 is 20.2. The number of methoxy groups -OCH3 is 1. The molecule has 1 atom stereocenters. The van der Waals surface area contributed by atoms with Crippen molar-refractivity contribution in [3.05, 3.63) is 58.4 Å². The van der Waals surface area contributed by atoms with Crippen LogP contribution >= 0.6 is 0 Å². The van der Waals surface area contributed by atoms with Crippen molar-refractivity contribution in [2.24, 2.45) is 0 Å². The van der Waals surface area contributed by atoms with E-state index in [1.807, 2.05) is 12.1 Å². The molecule has 1 fully saturated rings. The molecule has 0 aromatic heterocycles. The highest BCUT2D eigenvalue weighted by Gasteiger charge is 2.18. The van der Waals surface area contributed by atoms with E-state index >= 15 is 0 Å². The first-order valence-electron chi connectivity index (χ1n) is 9.99. The van der Waals surface area contributed by atoms with Gasteiger partial charge in [-0.05, 0) is 62.2 Å². The lowest BCUT2D eigenvalue weighted by Gasteiger charge is -2.34. The SMILES string of the molecule is COc1c(C)cc(CNC(C)c2ccc(N3CCN(C)CC3)c(F)c2)cc1C. The van der Waals surface area contributed by atoms with E-state index in [-0.39, 0.29) is 11.9 Å². The maximum absolute atomic E-state index is 14.7. The number of nitrogens with one attached hydrogen (secondary N) is 1. The van der Waals surface area contributed by atoms with Crippen LogP contribution < -0.4 is 15.0 Å². The molecule has 1 unspecified atom stereocenters. The van der Waals surface area contributed by atoms with E-state index in [4.69, 9.17) is 4.74 Å². The van der Waals surface area contributed by atoms with Gasteiger partial charge in [-0.25, -0.2) is 4.39 Å². The molecule has 1 aliphatic heterocycles. The molecule has 3 rings (SSSR count). The number of likely N-dealkylation sites (N-methyl/N-ethyl adjacent to an activating group) is 1. The Kier molecular flexibility index (Phi) is 6.57. The Labute approximate surface area is 168 Å². The largest absolute Gasteiger partial charge is 0.496 e. The van der Waals surface area contributed by atoms with Crippen LogP contribution in [0, 0.1) is 19.7 Å². The van der Waals surface area contributed by atoms with Crippen molar-refractivity contribution in [3.8, 4) is 5.75 Å². The van der Waals surface area contributed by atoms with Gasteiger partial charge in [-0.2, -0.15) is 0 Å². The Morgan fingerprint density at radius 1 is 1.07 bits per heavy atom. The Balaban J connectivity index is 1.65. The number of piperazine rings is 1. The molecule has 0 aliphatic carbocycles. The first kappa shape index (κ1) is 20.6. The van der Waals surface area contributed by atoms with Gasteiger partial charge in [0.05, 0.1) is 12.8 Å². The van der Waals surface area contributed by atoms with Gasteiger partial charge in [-0.3, -0.25) is 0 Å². The van der Waals surface area contributed by atoms with Crippen LogP contribution in [0.25, 0.3) is 0 Å². The molecule has 1 aliphatic rings. The lowest BCUT2D eigenvalue weighted by Crippen LogP contribution is -2.44. The zero-order valence-electron chi connectivity index (χ0n) is 17.7. The molecule has 152 valence electrons. The summed E-state index contributed by atoms with van der Waals surface area (Å²) in [4.78, 5) is 4.41. The van der Waals surface area contributed by atoms with E-state index in [1.54, 1.807) is 13.2 Å². The lowest BCUT2D eigenvalue weighted by atomic mass is 10.0. The average molecular weight is 386 g/mol. The second-order valence-electron chi connectivity index (χ2n) is 7.87. The molecule has 1 heterocycles. The Morgan fingerprint density at radius 2 is 1.71 bits per heavy atom. The highest BCUT2D eigenvalue weighted by molar-refractivity contribution is 5.50. The Hall–Kier alpha value is -2.11. The number of halogens is 1. The fraction of sp³-hybridized carbons (Fsp3) is 0.478. The lowest BCUT2D eigenvalue weighted by molar-refractivity contribution is 0.311. The summed E-state index contributed by atoms with van der Waals surface area (Å²) in [5, 5.41) is 3.51. The van der Waals surface area contributed by atoms with Gasteiger partial charge in [0.2, 0.25) is 0 Å². The minimum absolute atomic E-state index is 0.0683. The van der Waals surface area contributed by atoms with Gasteiger partial charge in [-0.15, -0.1) is 0 Å². The summed E-state index contributed by atoms with van der Waals surface area (Å²) in [6, 6.07) is 9.99. The quantitative estimate of drug-likeness (QED) is 0.812. The van der Waals surface area contributed by atoms with Crippen LogP contribution in [-0.4, -0.2) is 45.2 Å². The van der Waals surface area contributed by atoms with E-state index in [0.717, 1.165) is 55.2 Å². The first-order chi connectivity index (χ1) is 13.4. The molecule has 28 heavy (non-hydrogen) atoms. The van der Waals surface area contributed by atoms with Crippen LogP contribution in [0.5, 0.6) is 5.75 Å². The molecule has 2 aromatic carbocycles. The van der Waals surface area contributed by atoms with Crippen molar-refractivity contribution in [1.82, 2.24) is 10.2 Å². The summed E-state index contributed by atoms with van der Waals surface area (Å²) in [7, 11) is 3.81. The molecule has 5 heteroatoms. The highest BCUT2D eigenvalue weighted by Crippen LogP contribution is 2.26. The van der Waals surface area contributed by atoms with Crippen molar-refractivity contribution < 1.29 is 9.13 Å². The standard InChI is InChI=1S/C23H32FN3O/c1-16-12-19(13-17(2)23(16)28-5)15-25-18(3)20-6-7-22(21(24)14-20)27-10-8-26(4)9-11-27/h6-7,12-14,18,25H,8-11,15H2,1-5H3. The smallest absolute Gasteiger partial charge is 0.146 e. The predicted octanol–water partition coefficient (Wildman–Crippen LogP) is 4.05. The molecule has 2 aromatic rings. The van der Waals surface area contributed by atoms with Crippen LogP contribution in [-0.2, 0) is 6.54 Å². The maximum Gasteiger partial charge on any atom is 0.146 e. The molecule has 0 radical (unpaired) electrons. The number of nitrogens with zero attached hydrogens (tertiary/aromatic N) is 2. The topological polar surface area (TPSA) is 27.7 Å². The molecule has 1 saturated heterocycles. The van der Waals surface area contributed by atoms with Gasteiger partial charge in [-0.1, -0.05) is 18.2 Å². The van der Waals surface area contributed by atoms with Crippen molar-refractivity contribution in [2.45, 2.75) is 33.4 Å². The molecule has 0 spiro atoms. The minimum atomic E-state index is -0.133. The van der Waals surface area contributed by atoms with Gasteiger partial charge in [0, 0.05) is 38.8 Å². The van der Waals surface area contributed by atoms with Crippen molar-refractivity contribution in [2.75, 3.05) is 45.2 Å². The average Bonchev–Trinajstić information content (AvgIpc) is 2.66. The van der Waals surface area contributed by atoms with Gasteiger partial charge in [0.1, 0.15) is 11.6 Å². The number of hydrogen-bond acceptors (Lipinski definition) is 4. The highest BCUT2D eigenvalue weighted by atomic mass is 19.1. The summed E-state index contributed by atoms with van der Waals surface area (Å²) in [5.74, 6) is 0.810. The predicted molar refractivity (Wildman–Crippen MR) is 114 cm³/mol. The monoisotopic (exact) mass is 385 g/mol. The molecule has 0 amide bonds. The molecule has 0 saturated carbocycles. The number of rotatable bonds is 6. The third-order valence-electron chi connectivity index (χ3n) is 5.65. The molecular formula is C23H32FN3O. The fourth-order valence-electron chi connectivity index (χ4n) is 3.95. The van der Waals surface area contributed by atoms with E-state index < -0.39 is 0 Å². The summed E-state index contributed by atoms with van der Waals surface area (Å²) in [6.07, 6.45) is 0. The second kappa shape index (κ2) is 8.93. The normalized spacial score (nSPS) is 16.3. The van der Waals surface area contributed by atoms with Crippen LogP contribution in [0.1, 0.15) is 35.2 Å². The number of benzene rings is 2. The summed E-state index contributed by atoms with van der Waals surface area (Å²) in [6.45, 7) is 10.6. The van der Waals surface area contributed by atoms with Gasteiger partial charge < -0.3 is 19.9 Å². The van der Waals surface area contributed by atoms with Crippen LogP contribution in [0.15, 0.2) is 30.3 Å². The molecule has 1 N–H and O–H groups in total. The third-order valence-corrected chi connectivity index (χ3v) is 5.65. The number of hydrogen-bond donors (Lipinski definition) is 1. The minimum Gasteiger partial charge on any atom is -0.496 e. The second-order valence-corrected chi connectivity index (χ2v) is 7.87. The van der Waals surface area contributed by atoms with Crippen molar-refractivity contribution in [1.29, 1.82) is 0 Å². The fourth-order valence-corrected chi connectivity index (χ4v) is 3.95. The summed E-state index contributed by atoms with van der Waals surface area (Å²) in [5.41, 5.74) is 5.16. The van der Waals surface area contributed by atoms with Gasteiger partial charge >= 0.3 is 0 Å². The number of aryl methyl sites for hydroxylation is 2. The number of ether oxygens (including phenoxy) is 1. The zero-order chi connectivity index (χ0) is 20.3. The van der Waals surface area contributed by atoms with Crippen molar-refractivity contribution >= 4 is 5.69 Å². The van der Waals surface area contributed by atoms with Crippen LogP contribution in [0.2, 0.25) is 0 Å². The summed E-state index contributed by atoms with van der Waals surface area (Å²) >= 11 is 0. The zero-order valence-corrected chi connectivity index (χ0v) is 17.7. The Bertz CT molecular complexity index is 792. The van der Waals surface area contributed by atoms with Crippen LogP contribution in [0.3, 0.4) is 0 Å². The molecule has 4 nitrogen and oxygen atoms in total.